The molecule has 21 heavy (non-hydrogen) atoms. The van der Waals surface area contributed by atoms with Crippen molar-refractivity contribution >= 4 is 11.8 Å². The van der Waals surface area contributed by atoms with Gasteiger partial charge in [0, 0.05) is 19.0 Å². The molecule has 2 atom stereocenters. The summed E-state index contributed by atoms with van der Waals surface area (Å²) in [6, 6.07) is -0.588. The standard InChI is InChI=1S/C16H28N2O3/c1-10-4-8-13(9-5-10)18(3)16(21)14(11(2)19)17-15(20)12-6-7-12/h10-14,19H,4-9H2,1-3H3,(H,17,20). The van der Waals surface area contributed by atoms with Crippen molar-refractivity contribution in [2.75, 3.05) is 7.05 Å². The van der Waals surface area contributed by atoms with E-state index in [-0.39, 0.29) is 23.8 Å². The van der Waals surface area contributed by atoms with Crippen LogP contribution in [0.5, 0.6) is 0 Å². The van der Waals surface area contributed by atoms with Crippen LogP contribution in [0.2, 0.25) is 0 Å². The van der Waals surface area contributed by atoms with Gasteiger partial charge in [-0.25, -0.2) is 0 Å². The van der Waals surface area contributed by atoms with Crippen molar-refractivity contribution in [3.63, 3.8) is 0 Å². The highest BCUT2D eigenvalue weighted by Gasteiger charge is 2.36. The molecule has 2 saturated carbocycles. The number of carbonyl (C=O) groups excluding carboxylic acids is 2. The Balaban J connectivity index is 1.94. The highest BCUT2D eigenvalue weighted by atomic mass is 16.3. The molecule has 120 valence electrons. The summed E-state index contributed by atoms with van der Waals surface area (Å²) in [5.74, 6) is 0.505. The Bertz CT molecular complexity index is 385. The van der Waals surface area contributed by atoms with Crippen LogP contribution in [0, 0.1) is 11.8 Å². The zero-order valence-electron chi connectivity index (χ0n) is 13.3. The Morgan fingerprint density at radius 3 is 2.19 bits per heavy atom. The quantitative estimate of drug-likeness (QED) is 0.803. The number of nitrogens with zero attached hydrogens (tertiary/aromatic N) is 1. The number of aliphatic hydroxyl groups excluding tert-OH is 1. The van der Waals surface area contributed by atoms with E-state index in [0.717, 1.165) is 44.4 Å². The predicted molar refractivity (Wildman–Crippen MR) is 80.5 cm³/mol. The molecule has 0 heterocycles. The van der Waals surface area contributed by atoms with Crippen LogP contribution in [0.4, 0.5) is 0 Å². The summed E-state index contributed by atoms with van der Waals surface area (Å²) in [6.07, 6.45) is 5.20. The van der Waals surface area contributed by atoms with Crippen LogP contribution in [0.3, 0.4) is 0 Å². The van der Waals surface area contributed by atoms with Crippen LogP contribution >= 0.6 is 0 Å². The second-order valence-corrected chi connectivity index (χ2v) is 6.86. The first-order valence-corrected chi connectivity index (χ1v) is 8.15. The van der Waals surface area contributed by atoms with Gasteiger partial charge >= 0.3 is 0 Å². The number of hydrogen-bond donors (Lipinski definition) is 2. The van der Waals surface area contributed by atoms with E-state index in [0.29, 0.717) is 0 Å². The lowest BCUT2D eigenvalue weighted by Crippen LogP contribution is -2.55. The average molecular weight is 296 g/mol. The van der Waals surface area contributed by atoms with Crippen molar-refractivity contribution in [1.29, 1.82) is 0 Å². The Morgan fingerprint density at radius 2 is 1.71 bits per heavy atom. The SMILES string of the molecule is CC1CCC(N(C)C(=O)C(NC(=O)C2CC2)C(C)O)CC1. The van der Waals surface area contributed by atoms with Crippen LogP contribution in [0.15, 0.2) is 0 Å². The van der Waals surface area contributed by atoms with Gasteiger partial charge in [-0.05, 0) is 51.4 Å². The summed E-state index contributed by atoms with van der Waals surface area (Å²) in [7, 11) is 1.79. The molecule has 0 aromatic rings. The highest BCUT2D eigenvalue weighted by molar-refractivity contribution is 5.89. The lowest BCUT2D eigenvalue weighted by Gasteiger charge is -2.36. The molecular weight excluding hydrogens is 268 g/mol. The van der Waals surface area contributed by atoms with Gasteiger partial charge < -0.3 is 15.3 Å². The van der Waals surface area contributed by atoms with Gasteiger partial charge in [-0.1, -0.05) is 6.92 Å². The fraction of sp³-hybridized carbons (Fsp3) is 0.875. The number of amides is 2. The van der Waals surface area contributed by atoms with E-state index in [1.807, 2.05) is 0 Å². The first-order valence-electron chi connectivity index (χ1n) is 8.15. The van der Waals surface area contributed by atoms with Crippen LogP contribution in [-0.2, 0) is 9.59 Å². The second kappa shape index (κ2) is 6.77. The number of rotatable bonds is 5. The molecular formula is C16H28N2O3. The maximum Gasteiger partial charge on any atom is 0.247 e. The number of nitrogens with one attached hydrogen (secondary N) is 1. The lowest BCUT2D eigenvalue weighted by molar-refractivity contribution is -0.140. The molecule has 0 aliphatic heterocycles. The molecule has 2 unspecified atom stereocenters. The Kier molecular flexibility index (Phi) is 5.25. The van der Waals surface area contributed by atoms with Crippen LogP contribution < -0.4 is 5.32 Å². The smallest absolute Gasteiger partial charge is 0.247 e. The van der Waals surface area contributed by atoms with Gasteiger partial charge in [0.05, 0.1) is 6.10 Å². The monoisotopic (exact) mass is 296 g/mol. The van der Waals surface area contributed by atoms with Gasteiger partial charge in [-0.2, -0.15) is 0 Å². The van der Waals surface area contributed by atoms with Crippen molar-refractivity contribution in [2.24, 2.45) is 11.8 Å². The Hall–Kier alpha value is -1.10. The second-order valence-electron chi connectivity index (χ2n) is 6.86. The van der Waals surface area contributed by atoms with Crippen molar-refractivity contribution in [3.8, 4) is 0 Å². The molecule has 2 N–H and O–H groups in total. The Morgan fingerprint density at radius 1 is 1.14 bits per heavy atom. The molecule has 5 heteroatoms. The minimum Gasteiger partial charge on any atom is -0.391 e. The minimum absolute atomic E-state index is 0.0416. The van der Waals surface area contributed by atoms with Gasteiger partial charge in [0.1, 0.15) is 6.04 Å². The van der Waals surface area contributed by atoms with Gasteiger partial charge in [-0.3, -0.25) is 9.59 Å². The summed E-state index contributed by atoms with van der Waals surface area (Å²) < 4.78 is 0. The molecule has 5 nitrogen and oxygen atoms in total. The fourth-order valence-corrected chi connectivity index (χ4v) is 3.03. The normalized spacial score (nSPS) is 28.6. The van der Waals surface area contributed by atoms with Gasteiger partial charge in [0.15, 0.2) is 0 Å². The van der Waals surface area contributed by atoms with Crippen molar-refractivity contribution < 1.29 is 14.7 Å². The molecule has 2 amide bonds. The van der Waals surface area contributed by atoms with Crippen molar-refractivity contribution in [2.45, 2.75) is 70.6 Å². The van der Waals surface area contributed by atoms with Crippen LogP contribution in [0.1, 0.15) is 52.4 Å². The van der Waals surface area contributed by atoms with E-state index in [1.165, 1.54) is 0 Å². The molecule has 0 saturated heterocycles. The molecule has 2 aliphatic carbocycles. The van der Waals surface area contributed by atoms with E-state index < -0.39 is 12.1 Å². The third kappa shape index (κ3) is 4.19. The zero-order valence-corrected chi connectivity index (χ0v) is 13.3. The van der Waals surface area contributed by atoms with Gasteiger partial charge in [0.25, 0.3) is 0 Å². The van der Waals surface area contributed by atoms with E-state index in [9.17, 15) is 14.7 Å². The molecule has 0 bridgehead atoms. The van der Waals surface area contributed by atoms with E-state index in [1.54, 1.807) is 18.9 Å². The summed E-state index contributed by atoms with van der Waals surface area (Å²) in [4.78, 5) is 26.2. The predicted octanol–water partition coefficient (Wildman–Crippen LogP) is 1.30. The molecule has 0 aromatic carbocycles. The summed E-state index contributed by atoms with van der Waals surface area (Å²) >= 11 is 0. The summed E-state index contributed by atoms with van der Waals surface area (Å²) in [5, 5.41) is 12.6. The zero-order chi connectivity index (χ0) is 15.6. The average Bonchev–Trinajstić information content (AvgIpc) is 3.28. The number of aliphatic hydroxyl groups is 1. The number of carbonyl (C=O) groups is 2. The third-order valence-corrected chi connectivity index (χ3v) is 4.88. The van der Waals surface area contributed by atoms with E-state index in [2.05, 4.69) is 12.2 Å². The summed E-state index contributed by atoms with van der Waals surface area (Å²) in [5.41, 5.74) is 0. The fourth-order valence-electron chi connectivity index (χ4n) is 3.03. The maximum atomic E-state index is 12.6. The largest absolute Gasteiger partial charge is 0.391 e. The number of likely N-dealkylation sites (N-methyl/N-ethyl adjacent to an activating group) is 1. The molecule has 0 spiro atoms. The molecule has 0 aromatic heterocycles. The number of hydrogen-bond acceptors (Lipinski definition) is 3. The molecule has 2 fully saturated rings. The lowest BCUT2D eigenvalue weighted by atomic mass is 9.86. The summed E-state index contributed by atoms with van der Waals surface area (Å²) in [6.45, 7) is 3.80. The maximum absolute atomic E-state index is 12.6. The minimum atomic E-state index is -0.870. The first kappa shape index (κ1) is 16.3. The van der Waals surface area contributed by atoms with Gasteiger partial charge in [-0.15, -0.1) is 0 Å². The topological polar surface area (TPSA) is 69.6 Å². The molecule has 2 aliphatic rings. The van der Waals surface area contributed by atoms with E-state index in [4.69, 9.17) is 0 Å². The van der Waals surface area contributed by atoms with Crippen LogP contribution in [-0.4, -0.2) is 47.1 Å². The van der Waals surface area contributed by atoms with Crippen molar-refractivity contribution in [1.82, 2.24) is 10.2 Å². The highest BCUT2D eigenvalue weighted by Crippen LogP contribution is 2.29. The molecule has 0 radical (unpaired) electrons. The molecule has 2 rings (SSSR count). The first-order chi connectivity index (χ1) is 9.90. The van der Waals surface area contributed by atoms with Crippen molar-refractivity contribution in [3.05, 3.63) is 0 Å². The third-order valence-electron chi connectivity index (χ3n) is 4.88. The van der Waals surface area contributed by atoms with Gasteiger partial charge in [0.2, 0.25) is 11.8 Å². The van der Waals surface area contributed by atoms with E-state index >= 15 is 0 Å². The van der Waals surface area contributed by atoms with Crippen LogP contribution in [0.25, 0.3) is 0 Å². The Labute approximate surface area is 127 Å².